The van der Waals surface area contributed by atoms with E-state index >= 15 is 0 Å². The SMILES string of the molecule is N#Cc1ccccc1-c1ccc2c(c1)c1cc(-c3ccccc3C#N)ccc1n2-c1ccc(=C2CC=CC=C2C(F)(F)F)c(=C2N=C(c3ccccc3)N=C(c3ccccc3)N2)c1. The van der Waals surface area contributed by atoms with Gasteiger partial charge >= 0.3 is 6.18 Å². The number of hydrogen-bond donors (Lipinski definition) is 1. The maximum Gasteiger partial charge on any atom is 0.416 e. The van der Waals surface area contributed by atoms with Crippen LogP contribution in [0.1, 0.15) is 28.7 Å². The Hall–Kier alpha value is -8.53. The van der Waals surface area contributed by atoms with Gasteiger partial charge in [0.05, 0.1) is 39.9 Å². The molecule has 1 N–H and O–H groups in total. The van der Waals surface area contributed by atoms with Crippen LogP contribution in [0.25, 0.3) is 61.1 Å². The van der Waals surface area contributed by atoms with Gasteiger partial charge in [0, 0.05) is 32.8 Å². The Morgan fingerprint density at radius 3 is 1.73 bits per heavy atom. The van der Waals surface area contributed by atoms with E-state index in [0.29, 0.717) is 44.7 Å². The molecule has 1 aliphatic carbocycles. The fourth-order valence-corrected chi connectivity index (χ4v) is 8.49. The number of amidine groups is 2. The topological polar surface area (TPSA) is 89.3 Å². The zero-order chi connectivity index (χ0) is 43.1. The van der Waals surface area contributed by atoms with Gasteiger partial charge in [-0.15, -0.1) is 0 Å². The summed E-state index contributed by atoms with van der Waals surface area (Å²) < 4.78 is 46.6. The first-order chi connectivity index (χ1) is 30.8. The Labute approximate surface area is 360 Å². The lowest BCUT2D eigenvalue weighted by Crippen LogP contribution is -2.39. The van der Waals surface area contributed by atoms with Crippen molar-refractivity contribution >= 4 is 44.9 Å². The first-order valence-corrected chi connectivity index (χ1v) is 20.2. The van der Waals surface area contributed by atoms with Crippen molar-refractivity contribution in [3.05, 3.63) is 220 Å². The van der Waals surface area contributed by atoms with Gasteiger partial charge in [-0.2, -0.15) is 23.7 Å². The summed E-state index contributed by atoms with van der Waals surface area (Å²) in [6.07, 6.45) is -0.236. The molecule has 63 heavy (non-hydrogen) atoms. The highest BCUT2D eigenvalue weighted by Gasteiger charge is 2.36. The molecule has 9 heteroatoms. The molecule has 0 unspecified atom stereocenters. The Balaban J connectivity index is 1.29. The minimum absolute atomic E-state index is 0.0646. The number of allylic oxidation sites excluding steroid dienone is 4. The fraction of sp³-hybridized carbons (Fsp3) is 0.0370. The predicted octanol–water partition coefficient (Wildman–Crippen LogP) is 11.0. The number of alkyl halides is 3. The molecule has 0 spiro atoms. The summed E-state index contributed by atoms with van der Waals surface area (Å²) in [5.74, 6) is 1.25. The summed E-state index contributed by atoms with van der Waals surface area (Å²) in [5.41, 5.74) is 7.64. The predicted molar refractivity (Wildman–Crippen MR) is 244 cm³/mol. The van der Waals surface area contributed by atoms with Crippen LogP contribution < -0.4 is 15.8 Å². The number of nitriles is 2. The molecule has 1 aromatic heterocycles. The lowest BCUT2D eigenvalue weighted by Gasteiger charge is -2.20. The molecule has 300 valence electrons. The van der Waals surface area contributed by atoms with E-state index in [-0.39, 0.29) is 12.0 Å². The third-order valence-corrected chi connectivity index (χ3v) is 11.4. The van der Waals surface area contributed by atoms with Crippen LogP contribution in [0.5, 0.6) is 0 Å². The highest BCUT2D eigenvalue weighted by molar-refractivity contribution is 6.16. The average molecular weight is 823 g/mol. The molecular weight excluding hydrogens is 790 g/mol. The highest BCUT2D eigenvalue weighted by Crippen LogP contribution is 2.39. The van der Waals surface area contributed by atoms with Crippen LogP contribution >= 0.6 is 0 Å². The molecule has 8 aromatic rings. The minimum Gasteiger partial charge on any atom is -0.324 e. The first kappa shape index (κ1) is 38.7. The van der Waals surface area contributed by atoms with Crippen molar-refractivity contribution in [1.29, 1.82) is 10.5 Å². The molecule has 0 fully saturated rings. The number of rotatable bonds is 5. The smallest absolute Gasteiger partial charge is 0.324 e. The quantitative estimate of drug-likeness (QED) is 0.187. The molecule has 7 aromatic carbocycles. The second-order valence-corrected chi connectivity index (χ2v) is 15.1. The number of halogens is 3. The highest BCUT2D eigenvalue weighted by atomic mass is 19.4. The maximum absolute atomic E-state index is 14.8. The molecule has 0 bridgehead atoms. The lowest BCUT2D eigenvalue weighted by molar-refractivity contribution is -0.0874. The summed E-state index contributed by atoms with van der Waals surface area (Å²) in [4.78, 5) is 9.97. The summed E-state index contributed by atoms with van der Waals surface area (Å²) in [6, 6.07) is 56.2. The van der Waals surface area contributed by atoms with E-state index in [1.165, 1.54) is 6.08 Å². The summed E-state index contributed by atoms with van der Waals surface area (Å²) in [5, 5.41) is 26.1. The summed E-state index contributed by atoms with van der Waals surface area (Å²) in [7, 11) is 0. The van der Waals surface area contributed by atoms with Gasteiger partial charge < -0.3 is 9.88 Å². The monoisotopic (exact) mass is 822 g/mol. The molecule has 10 rings (SSSR count). The van der Waals surface area contributed by atoms with Gasteiger partial charge in [-0.05, 0) is 88.0 Å². The van der Waals surface area contributed by atoms with Crippen LogP contribution in [0, 0.1) is 22.7 Å². The molecule has 6 nitrogen and oxygen atoms in total. The van der Waals surface area contributed by atoms with Crippen molar-refractivity contribution in [2.24, 2.45) is 9.98 Å². The molecule has 2 heterocycles. The van der Waals surface area contributed by atoms with Crippen molar-refractivity contribution in [3.8, 4) is 40.1 Å². The van der Waals surface area contributed by atoms with Gasteiger partial charge in [-0.1, -0.05) is 133 Å². The number of fused-ring (bicyclic) bond motifs is 3. The Bertz CT molecular complexity index is 3390. The molecule has 0 atom stereocenters. The van der Waals surface area contributed by atoms with E-state index in [2.05, 4.69) is 34.2 Å². The van der Waals surface area contributed by atoms with Crippen LogP contribution in [0.4, 0.5) is 13.2 Å². The zero-order valence-corrected chi connectivity index (χ0v) is 33.4. The molecule has 2 aliphatic rings. The number of benzene rings is 7. The third kappa shape index (κ3) is 7.08. The van der Waals surface area contributed by atoms with Crippen molar-refractivity contribution in [2.45, 2.75) is 12.6 Å². The van der Waals surface area contributed by atoms with E-state index in [0.717, 1.165) is 61.3 Å². The minimum atomic E-state index is -4.60. The van der Waals surface area contributed by atoms with E-state index in [1.54, 1.807) is 24.3 Å². The van der Waals surface area contributed by atoms with Gasteiger partial charge in [-0.25, -0.2) is 9.98 Å². The van der Waals surface area contributed by atoms with Crippen molar-refractivity contribution in [3.63, 3.8) is 0 Å². The second kappa shape index (κ2) is 15.8. The molecular formula is C54H33F3N6. The molecule has 1 aliphatic heterocycles. The first-order valence-electron chi connectivity index (χ1n) is 20.2. The molecule has 0 saturated heterocycles. The van der Waals surface area contributed by atoms with E-state index in [1.807, 2.05) is 133 Å². The van der Waals surface area contributed by atoms with Crippen LogP contribution in [0.3, 0.4) is 0 Å². The Morgan fingerprint density at radius 2 is 1.14 bits per heavy atom. The van der Waals surface area contributed by atoms with E-state index in [4.69, 9.17) is 9.98 Å². The van der Waals surface area contributed by atoms with Crippen LogP contribution in [0.15, 0.2) is 198 Å². The molecule has 0 radical (unpaired) electrons. The zero-order valence-electron chi connectivity index (χ0n) is 33.4. The van der Waals surface area contributed by atoms with E-state index in [9.17, 15) is 23.7 Å². The van der Waals surface area contributed by atoms with Gasteiger partial charge in [0.25, 0.3) is 0 Å². The summed E-state index contributed by atoms with van der Waals surface area (Å²) >= 11 is 0. The van der Waals surface area contributed by atoms with Gasteiger partial charge in [0.1, 0.15) is 11.7 Å². The van der Waals surface area contributed by atoms with Gasteiger partial charge in [-0.3, -0.25) is 0 Å². The molecule has 0 amide bonds. The summed E-state index contributed by atoms with van der Waals surface area (Å²) in [6.45, 7) is 0. The normalized spacial score (nSPS) is 15.5. The van der Waals surface area contributed by atoms with Gasteiger partial charge in [0.15, 0.2) is 5.84 Å². The Morgan fingerprint density at radius 1 is 0.571 bits per heavy atom. The molecule has 0 saturated carbocycles. The van der Waals surface area contributed by atoms with Crippen molar-refractivity contribution in [2.75, 3.05) is 0 Å². The third-order valence-electron chi connectivity index (χ3n) is 11.4. The fourth-order valence-electron chi connectivity index (χ4n) is 8.49. The second-order valence-electron chi connectivity index (χ2n) is 15.1. The van der Waals surface area contributed by atoms with Crippen LogP contribution in [0.2, 0.25) is 0 Å². The Kier molecular flexibility index (Phi) is 9.71. The van der Waals surface area contributed by atoms with Gasteiger partial charge in [0.2, 0.25) is 0 Å². The average Bonchev–Trinajstić information content (AvgIpc) is 3.66. The number of aliphatic imine (C=N–C) groups is 2. The largest absolute Gasteiger partial charge is 0.416 e. The van der Waals surface area contributed by atoms with E-state index < -0.39 is 11.7 Å². The van der Waals surface area contributed by atoms with Crippen LogP contribution in [-0.2, 0) is 0 Å². The number of nitrogens with one attached hydrogen (secondary N) is 1. The van der Waals surface area contributed by atoms with Crippen molar-refractivity contribution in [1.82, 2.24) is 9.88 Å². The number of nitrogens with zero attached hydrogens (tertiary/aromatic N) is 5. The lowest BCUT2D eigenvalue weighted by atomic mass is 9.94. The number of aromatic nitrogens is 1. The maximum atomic E-state index is 14.8. The van der Waals surface area contributed by atoms with Crippen LogP contribution in [-0.4, -0.2) is 22.4 Å². The standard InChI is InChI=1S/C54H33F3N6/c55-54(56,57)48-22-12-11-21-44(48)43-26-25-40(31-47(43)53-61-51(34-13-3-1-4-14-34)60-52(62-53)35-15-5-2-6-16-35)63-49-27-23-36(41-19-9-7-17-38(41)32-58)29-45(49)46-30-37(24-28-50(46)63)42-20-10-8-18-39(42)33-59/h1-20,22-31H,21H2,(H,60,61,62). The van der Waals surface area contributed by atoms with Crippen molar-refractivity contribution < 1.29 is 13.2 Å². The number of hydrogen-bond acceptors (Lipinski definition) is 5.